The van der Waals surface area contributed by atoms with Crippen LogP contribution in [0.4, 0.5) is 0 Å². The minimum atomic E-state index is 0.612. The van der Waals surface area contributed by atoms with Crippen LogP contribution in [0.2, 0.25) is 5.02 Å². The molecule has 1 aliphatic rings. The van der Waals surface area contributed by atoms with Gasteiger partial charge in [0.25, 0.3) is 0 Å². The second-order valence-electron chi connectivity index (χ2n) is 4.21. The molecular formula is C13H18ClNOS. The number of rotatable bonds is 6. The molecule has 0 atom stereocenters. The van der Waals surface area contributed by atoms with Crippen molar-refractivity contribution in [2.24, 2.45) is 0 Å². The molecule has 2 rings (SSSR count). The van der Waals surface area contributed by atoms with Crippen LogP contribution >= 0.6 is 23.4 Å². The lowest BCUT2D eigenvalue weighted by atomic mass is 10.2. The van der Waals surface area contributed by atoms with Crippen LogP contribution in [0, 0.1) is 0 Å². The first kappa shape index (κ1) is 13.2. The zero-order valence-corrected chi connectivity index (χ0v) is 11.6. The number of benzene rings is 1. The lowest BCUT2D eigenvalue weighted by Crippen LogP contribution is -2.30. The molecule has 94 valence electrons. The Kier molecular flexibility index (Phi) is 5.16. The first-order chi connectivity index (χ1) is 8.29. The highest BCUT2D eigenvalue weighted by molar-refractivity contribution is 8.00. The van der Waals surface area contributed by atoms with Crippen molar-refractivity contribution in [3.8, 4) is 0 Å². The minimum absolute atomic E-state index is 0.612. The van der Waals surface area contributed by atoms with Gasteiger partial charge in [0, 0.05) is 16.5 Å². The predicted octanol–water partition coefficient (Wildman–Crippen LogP) is 3.33. The normalized spacial score (nSPS) is 15.9. The van der Waals surface area contributed by atoms with Gasteiger partial charge < -0.3 is 10.1 Å². The lowest BCUT2D eigenvalue weighted by Gasteiger charge is -2.26. The fraction of sp³-hybridized carbons (Fsp3) is 0.538. The fourth-order valence-corrected chi connectivity index (χ4v) is 2.97. The molecule has 1 aliphatic heterocycles. The molecule has 1 N–H and O–H groups in total. The molecule has 1 saturated heterocycles. The first-order valence-corrected chi connectivity index (χ1v) is 7.29. The second-order valence-corrected chi connectivity index (χ2v) is 5.98. The van der Waals surface area contributed by atoms with Gasteiger partial charge in [-0.25, -0.2) is 0 Å². The van der Waals surface area contributed by atoms with Crippen molar-refractivity contribution in [1.82, 2.24) is 5.32 Å². The average Bonchev–Trinajstić information content (AvgIpc) is 2.26. The van der Waals surface area contributed by atoms with Crippen LogP contribution in [0.5, 0.6) is 0 Å². The Morgan fingerprint density at radius 1 is 1.47 bits per heavy atom. The number of nitrogens with one attached hydrogen (secondary N) is 1. The molecule has 1 aromatic carbocycles. The Morgan fingerprint density at radius 3 is 2.94 bits per heavy atom. The molecule has 1 aromatic rings. The Labute approximate surface area is 112 Å². The van der Waals surface area contributed by atoms with E-state index < -0.39 is 0 Å². The molecule has 1 fully saturated rings. The third-order valence-electron chi connectivity index (χ3n) is 2.67. The summed E-state index contributed by atoms with van der Waals surface area (Å²) < 4.78 is 5.21. The zero-order chi connectivity index (χ0) is 12.1. The van der Waals surface area contributed by atoms with Gasteiger partial charge in [-0.2, -0.15) is 0 Å². The molecular weight excluding hydrogens is 254 g/mol. The van der Waals surface area contributed by atoms with Gasteiger partial charge in [0.15, 0.2) is 0 Å². The van der Waals surface area contributed by atoms with Gasteiger partial charge in [-0.15, -0.1) is 11.8 Å². The highest BCUT2D eigenvalue weighted by Gasteiger charge is 2.20. The van der Waals surface area contributed by atoms with Crippen molar-refractivity contribution in [2.75, 3.05) is 19.8 Å². The summed E-state index contributed by atoms with van der Waals surface area (Å²) in [5, 5.41) is 4.85. The zero-order valence-electron chi connectivity index (χ0n) is 10.0. The van der Waals surface area contributed by atoms with Crippen molar-refractivity contribution in [3.05, 3.63) is 28.8 Å². The molecule has 0 amide bonds. The summed E-state index contributed by atoms with van der Waals surface area (Å²) in [6.45, 7) is 5.85. The van der Waals surface area contributed by atoms with E-state index >= 15 is 0 Å². The summed E-state index contributed by atoms with van der Waals surface area (Å²) in [4.78, 5) is 1.33. The molecule has 0 unspecified atom stereocenters. The Hall–Kier alpha value is -0.220. The fourth-order valence-electron chi connectivity index (χ4n) is 1.66. The summed E-state index contributed by atoms with van der Waals surface area (Å²) >= 11 is 7.95. The molecule has 0 radical (unpaired) electrons. The van der Waals surface area contributed by atoms with Crippen molar-refractivity contribution in [1.29, 1.82) is 0 Å². The predicted molar refractivity (Wildman–Crippen MR) is 73.9 cm³/mol. The topological polar surface area (TPSA) is 21.3 Å². The summed E-state index contributed by atoms with van der Waals surface area (Å²) in [5.41, 5.74) is 1.29. The summed E-state index contributed by atoms with van der Waals surface area (Å²) in [6, 6.07) is 6.15. The summed E-state index contributed by atoms with van der Waals surface area (Å²) in [5.74, 6) is 0. The van der Waals surface area contributed by atoms with E-state index in [0.29, 0.717) is 5.25 Å². The molecule has 0 aliphatic carbocycles. The largest absolute Gasteiger partial charge is 0.379 e. The van der Waals surface area contributed by atoms with Crippen molar-refractivity contribution < 1.29 is 4.74 Å². The molecule has 0 saturated carbocycles. The maximum atomic E-state index is 6.05. The van der Waals surface area contributed by atoms with Crippen LogP contribution < -0.4 is 5.32 Å². The van der Waals surface area contributed by atoms with Crippen LogP contribution in [-0.2, 0) is 11.3 Å². The van der Waals surface area contributed by atoms with Gasteiger partial charge in [-0.1, -0.05) is 18.5 Å². The van der Waals surface area contributed by atoms with Gasteiger partial charge >= 0.3 is 0 Å². The number of ether oxygens (including phenoxy) is 1. The lowest BCUT2D eigenvalue weighted by molar-refractivity contribution is 0.0455. The van der Waals surface area contributed by atoms with E-state index in [1.165, 1.54) is 10.5 Å². The first-order valence-electron chi connectivity index (χ1n) is 6.03. The van der Waals surface area contributed by atoms with Gasteiger partial charge in [0.05, 0.1) is 18.5 Å². The van der Waals surface area contributed by atoms with E-state index in [9.17, 15) is 0 Å². The highest BCUT2D eigenvalue weighted by Crippen LogP contribution is 2.32. The molecule has 2 nitrogen and oxygen atoms in total. The van der Waals surface area contributed by atoms with E-state index in [2.05, 4.69) is 24.4 Å². The smallest absolute Gasteiger partial charge is 0.0611 e. The van der Waals surface area contributed by atoms with Crippen molar-refractivity contribution in [3.63, 3.8) is 0 Å². The molecule has 17 heavy (non-hydrogen) atoms. The van der Waals surface area contributed by atoms with Crippen molar-refractivity contribution >= 4 is 23.4 Å². The maximum absolute atomic E-state index is 6.05. The third-order valence-corrected chi connectivity index (χ3v) is 4.16. The monoisotopic (exact) mass is 271 g/mol. The summed E-state index contributed by atoms with van der Waals surface area (Å²) in [7, 11) is 0. The number of thioether (sulfide) groups is 1. The Morgan fingerprint density at radius 2 is 2.29 bits per heavy atom. The Bertz CT molecular complexity index is 368. The molecule has 0 aromatic heterocycles. The molecule has 4 heteroatoms. The SMILES string of the molecule is CCCNCc1cc(Cl)ccc1SC1COC1. The number of hydrogen-bond acceptors (Lipinski definition) is 3. The van der Waals surface area contributed by atoms with Gasteiger partial charge in [-0.05, 0) is 36.7 Å². The molecule has 0 spiro atoms. The van der Waals surface area contributed by atoms with E-state index in [1.54, 1.807) is 0 Å². The van der Waals surface area contributed by atoms with Crippen LogP contribution in [0.25, 0.3) is 0 Å². The van der Waals surface area contributed by atoms with E-state index in [0.717, 1.165) is 37.7 Å². The van der Waals surface area contributed by atoms with Crippen molar-refractivity contribution in [2.45, 2.75) is 30.0 Å². The Balaban J connectivity index is 2.00. The quantitative estimate of drug-likeness (QED) is 0.802. The van der Waals surface area contributed by atoms with Crippen LogP contribution in [0.1, 0.15) is 18.9 Å². The van der Waals surface area contributed by atoms with Gasteiger partial charge in [-0.3, -0.25) is 0 Å². The van der Waals surface area contributed by atoms with Gasteiger partial charge in [0.2, 0.25) is 0 Å². The number of hydrogen-bond donors (Lipinski definition) is 1. The average molecular weight is 272 g/mol. The molecule has 0 bridgehead atoms. The van der Waals surface area contributed by atoms with E-state index in [1.807, 2.05) is 17.8 Å². The van der Waals surface area contributed by atoms with E-state index in [4.69, 9.17) is 16.3 Å². The maximum Gasteiger partial charge on any atom is 0.0611 e. The standard InChI is InChI=1S/C13H18ClNOS/c1-2-5-15-7-10-6-11(14)3-4-13(10)17-12-8-16-9-12/h3-4,6,12,15H,2,5,7-9H2,1H3. The van der Waals surface area contributed by atoms with Gasteiger partial charge in [0.1, 0.15) is 0 Å². The highest BCUT2D eigenvalue weighted by atomic mass is 35.5. The van der Waals surface area contributed by atoms with Crippen LogP contribution in [0.15, 0.2) is 23.1 Å². The number of halogens is 1. The van der Waals surface area contributed by atoms with E-state index in [-0.39, 0.29) is 0 Å². The minimum Gasteiger partial charge on any atom is -0.379 e. The third kappa shape index (κ3) is 3.88. The second kappa shape index (κ2) is 6.64. The summed E-state index contributed by atoms with van der Waals surface area (Å²) in [6.07, 6.45) is 1.15. The van der Waals surface area contributed by atoms with Crippen LogP contribution in [0.3, 0.4) is 0 Å². The molecule has 1 heterocycles. The van der Waals surface area contributed by atoms with Crippen LogP contribution in [-0.4, -0.2) is 25.0 Å².